The number of alkyl halides is 3. The van der Waals surface area contributed by atoms with Gasteiger partial charge in [-0.2, -0.15) is 13.2 Å². The van der Waals surface area contributed by atoms with E-state index in [0.717, 1.165) is 49.1 Å². The quantitative estimate of drug-likeness (QED) is 0.282. The first-order valence-corrected chi connectivity index (χ1v) is 12.8. The molecule has 204 valence electrons. The molecule has 40 heavy (non-hydrogen) atoms. The van der Waals surface area contributed by atoms with Gasteiger partial charge >= 0.3 is 12.2 Å². The van der Waals surface area contributed by atoms with Gasteiger partial charge in [-0.3, -0.25) is 4.79 Å². The number of para-hydroxylation sites is 1. The Morgan fingerprint density at radius 1 is 0.950 bits per heavy atom. The van der Waals surface area contributed by atoms with Crippen molar-refractivity contribution < 1.29 is 22.4 Å². The minimum Gasteiger partial charge on any atom is -0.402 e. The fourth-order valence-corrected chi connectivity index (χ4v) is 4.87. The molecule has 1 saturated carbocycles. The summed E-state index contributed by atoms with van der Waals surface area (Å²) in [7, 11) is 0. The number of hydrogen-bond acceptors (Lipinski definition) is 8. The van der Waals surface area contributed by atoms with E-state index in [4.69, 9.17) is 4.42 Å². The third kappa shape index (κ3) is 5.24. The minimum absolute atomic E-state index is 0.0200. The number of carbonyl (C=O) groups excluding carboxylic acids is 1. The van der Waals surface area contributed by atoms with Gasteiger partial charge in [-0.1, -0.05) is 66.5 Å². The largest absolute Gasteiger partial charge is 0.417 e. The third-order valence-corrected chi connectivity index (χ3v) is 6.81. The lowest BCUT2D eigenvalue weighted by Crippen LogP contribution is -2.32. The van der Waals surface area contributed by atoms with Gasteiger partial charge in [0, 0.05) is 23.4 Å². The van der Waals surface area contributed by atoms with Gasteiger partial charge in [0.05, 0.1) is 22.6 Å². The standard InChI is InChI=1S/C28H24F3N7O2/c29-28(30,31)17-14-21(33-18-10-4-5-11-18)23(32-15-17)26-37-38-27(40-26)36-24-25(39)34-20-13-7-6-12-19(20)22(35-24)16-8-2-1-3-9-16/h1-3,6-9,12-15,18,24,33H,4-5,10-11H2,(H,34,39)(H,36,38)/t24-/m1/s1. The number of fused-ring (bicyclic) bond motifs is 1. The summed E-state index contributed by atoms with van der Waals surface area (Å²) in [5.74, 6) is -0.546. The molecule has 1 aliphatic carbocycles. The van der Waals surface area contributed by atoms with Crippen LogP contribution in [-0.4, -0.2) is 39.0 Å². The van der Waals surface area contributed by atoms with Crippen LogP contribution in [0.1, 0.15) is 42.4 Å². The first-order chi connectivity index (χ1) is 19.3. The van der Waals surface area contributed by atoms with Gasteiger partial charge in [0.15, 0.2) is 5.69 Å². The lowest BCUT2D eigenvalue weighted by Gasteiger charge is -2.17. The number of halogens is 3. The van der Waals surface area contributed by atoms with Crippen LogP contribution in [0.2, 0.25) is 0 Å². The highest BCUT2D eigenvalue weighted by Gasteiger charge is 2.33. The Hall–Kier alpha value is -4.74. The van der Waals surface area contributed by atoms with Crippen LogP contribution in [0.4, 0.5) is 30.6 Å². The zero-order valence-corrected chi connectivity index (χ0v) is 21.1. The molecule has 2 aromatic heterocycles. The first kappa shape index (κ1) is 25.5. The first-order valence-electron chi connectivity index (χ1n) is 12.8. The van der Waals surface area contributed by atoms with Gasteiger partial charge in [-0.05, 0) is 25.0 Å². The summed E-state index contributed by atoms with van der Waals surface area (Å²) in [5.41, 5.74) is 2.10. The molecule has 4 aromatic rings. The summed E-state index contributed by atoms with van der Waals surface area (Å²) >= 11 is 0. The molecule has 0 bridgehead atoms. The Morgan fingerprint density at radius 2 is 1.70 bits per heavy atom. The molecule has 3 heterocycles. The van der Waals surface area contributed by atoms with Crippen molar-refractivity contribution in [3.8, 4) is 11.6 Å². The Balaban J connectivity index is 1.32. The monoisotopic (exact) mass is 547 g/mol. The van der Waals surface area contributed by atoms with E-state index in [0.29, 0.717) is 11.4 Å². The molecule has 1 amide bonds. The van der Waals surface area contributed by atoms with Gasteiger partial charge in [0.1, 0.15) is 0 Å². The SMILES string of the molecule is O=C1Nc2ccccc2C(c2ccccc2)=N[C@@H]1Nc1nnc(-c2ncc(C(F)(F)F)cc2NC2CCCC2)o1. The fourth-order valence-electron chi connectivity index (χ4n) is 4.87. The van der Waals surface area contributed by atoms with Crippen LogP contribution in [0.5, 0.6) is 0 Å². The summed E-state index contributed by atoms with van der Waals surface area (Å²) in [6.45, 7) is 0. The molecule has 3 N–H and O–H groups in total. The van der Waals surface area contributed by atoms with Crippen molar-refractivity contribution in [3.63, 3.8) is 0 Å². The Bertz CT molecular complexity index is 1560. The second kappa shape index (κ2) is 10.4. The van der Waals surface area contributed by atoms with Crippen LogP contribution in [0.25, 0.3) is 11.6 Å². The van der Waals surface area contributed by atoms with Crippen molar-refractivity contribution in [2.24, 2.45) is 4.99 Å². The van der Waals surface area contributed by atoms with Crippen molar-refractivity contribution in [1.82, 2.24) is 15.2 Å². The number of benzodiazepines with no additional fused rings is 1. The van der Waals surface area contributed by atoms with Crippen molar-refractivity contribution >= 4 is 29.0 Å². The number of hydrogen-bond donors (Lipinski definition) is 3. The number of benzene rings is 2. The third-order valence-electron chi connectivity index (χ3n) is 6.81. The van der Waals surface area contributed by atoms with E-state index in [1.54, 1.807) is 6.07 Å². The van der Waals surface area contributed by atoms with E-state index >= 15 is 0 Å². The zero-order valence-electron chi connectivity index (χ0n) is 21.1. The molecule has 0 radical (unpaired) electrons. The van der Waals surface area contributed by atoms with E-state index in [1.165, 1.54) is 0 Å². The second-order valence-corrected chi connectivity index (χ2v) is 9.58. The zero-order chi connectivity index (χ0) is 27.7. The van der Waals surface area contributed by atoms with Gasteiger partial charge in [-0.15, -0.1) is 5.10 Å². The number of aliphatic imine (C=N–C) groups is 1. The van der Waals surface area contributed by atoms with E-state index in [-0.39, 0.29) is 29.3 Å². The molecule has 12 heteroatoms. The maximum Gasteiger partial charge on any atom is 0.417 e. The van der Waals surface area contributed by atoms with Crippen LogP contribution in [0.3, 0.4) is 0 Å². The molecule has 1 fully saturated rings. The number of rotatable bonds is 6. The summed E-state index contributed by atoms with van der Waals surface area (Å²) < 4.78 is 46.0. The van der Waals surface area contributed by atoms with E-state index in [2.05, 4.69) is 36.1 Å². The molecular weight excluding hydrogens is 523 g/mol. The summed E-state index contributed by atoms with van der Waals surface area (Å²) in [6, 6.07) is 17.6. The predicted molar refractivity (Wildman–Crippen MR) is 143 cm³/mol. The average molecular weight is 548 g/mol. The van der Waals surface area contributed by atoms with Gasteiger partial charge in [0.25, 0.3) is 11.8 Å². The van der Waals surface area contributed by atoms with Crippen molar-refractivity contribution in [2.45, 2.75) is 44.1 Å². The van der Waals surface area contributed by atoms with Crippen LogP contribution < -0.4 is 16.0 Å². The Morgan fingerprint density at radius 3 is 2.48 bits per heavy atom. The minimum atomic E-state index is -4.56. The summed E-state index contributed by atoms with van der Waals surface area (Å²) in [5, 5.41) is 16.9. The van der Waals surface area contributed by atoms with Crippen molar-refractivity contribution in [3.05, 3.63) is 83.6 Å². The van der Waals surface area contributed by atoms with Crippen molar-refractivity contribution in [1.29, 1.82) is 0 Å². The molecule has 0 saturated heterocycles. The molecule has 0 unspecified atom stereocenters. The van der Waals surface area contributed by atoms with E-state index in [9.17, 15) is 18.0 Å². The lowest BCUT2D eigenvalue weighted by molar-refractivity contribution is -0.137. The molecule has 2 aromatic carbocycles. The molecule has 6 rings (SSSR count). The van der Waals surface area contributed by atoms with Crippen LogP contribution >= 0.6 is 0 Å². The van der Waals surface area contributed by atoms with Crippen LogP contribution in [0.15, 0.2) is 76.3 Å². The smallest absolute Gasteiger partial charge is 0.402 e. The number of carbonyl (C=O) groups is 1. The number of nitrogens with zero attached hydrogens (tertiary/aromatic N) is 4. The maximum atomic E-state index is 13.4. The van der Waals surface area contributed by atoms with Crippen molar-refractivity contribution in [2.75, 3.05) is 16.0 Å². The summed E-state index contributed by atoms with van der Waals surface area (Å²) in [6.07, 6.45) is -1.29. The second-order valence-electron chi connectivity index (χ2n) is 9.58. The number of pyridine rings is 1. The summed E-state index contributed by atoms with van der Waals surface area (Å²) in [4.78, 5) is 21.8. The molecular formula is C28H24F3N7O2. The van der Waals surface area contributed by atoms with Crippen LogP contribution in [0, 0.1) is 0 Å². The topological polar surface area (TPSA) is 117 Å². The van der Waals surface area contributed by atoms with E-state index < -0.39 is 23.8 Å². The molecule has 2 aliphatic rings. The number of anilines is 3. The number of amides is 1. The highest BCUT2D eigenvalue weighted by molar-refractivity contribution is 6.19. The highest BCUT2D eigenvalue weighted by Crippen LogP contribution is 2.36. The average Bonchev–Trinajstić information content (AvgIpc) is 3.61. The van der Waals surface area contributed by atoms with Gasteiger partial charge in [0.2, 0.25) is 6.17 Å². The Labute approximate surface area is 227 Å². The predicted octanol–water partition coefficient (Wildman–Crippen LogP) is 5.73. The van der Waals surface area contributed by atoms with Crippen LogP contribution in [-0.2, 0) is 11.0 Å². The van der Waals surface area contributed by atoms with Gasteiger partial charge in [-0.25, -0.2) is 9.98 Å². The molecule has 0 spiro atoms. The number of nitrogens with one attached hydrogen (secondary N) is 3. The lowest BCUT2D eigenvalue weighted by atomic mass is 10.0. The Kier molecular flexibility index (Phi) is 6.66. The highest BCUT2D eigenvalue weighted by atomic mass is 19.4. The fraction of sp³-hybridized carbons (Fsp3) is 0.250. The molecule has 9 nitrogen and oxygen atoms in total. The molecule has 1 aliphatic heterocycles. The maximum absolute atomic E-state index is 13.4. The molecule has 1 atom stereocenters. The number of aromatic nitrogens is 3. The van der Waals surface area contributed by atoms with E-state index in [1.807, 2.05) is 48.5 Å². The van der Waals surface area contributed by atoms with Gasteiger partial charge < -0.3 is 20.4 Å². The normalized spacial score (nSPS) is 17.5.